The van der Waals surface area contributed by atoms with E-state index in [1.165, 1.54) is 0 Å². The zero-order chi connectivity index (χ0) is 18.2. The number of pyridine rings is 2. The number of carbonyl (C=O) groups is 1. The highest BCUT2D eigenvalue weighted by Gasteiger charge is 2.38. The fraction of sp³-hybridized carbons (Fsp3) is 0.182. The third kappa shape index (κ3) is 2.81. The van der Waals surface area contributed by atoms with Gasteiger partial charge in [0.15, 0.2) is 0 Å². The minimum absolute atomic E-state index is 0.203. The third-order valence-electron chi connectivity index (χ3n) is 5.40. The molecule has 0 spiro atoms. The molecule has 2 heterocycles. The molecule has 5 rings (SSSR count). The Morgan fingerprint density at radius 3 is 2.85 bits per heavy atom. The second kappa shape index (κ2) is 6.43. The topological polar surface area (TPSA) is 67.2 Å². The summed E-state index contributed by atoms with van der Waals surface area (Å²) < 4.78 is 0. The first kappa shape index (κ1) is 15.9. The van der Waals surface area contributed by atoms with E-state index in [1.54, 1.807) is 12.4 Å². The number of carbonyl (C=O) groups excluding carboxylic acids is 1. The molecule has 132 valence electrons. The Morgan fingerprint density at radius 1 is 1.15 bits per heavy atom. The van der Waals surface area contributed by atoms with Gasteiger partial charge in [-0.25, -0.2) is 10.4 Å². The van der Waals surface area contributed by atoms with E-state index in [-0.39, 0.29) is 5.91 Å². The first-order valence-electron chi connectivity index (χ1n) is 9.13. The zero-order valence-electron chi connectivity index (χ0n) is 14.7. The summed E-state index contributed by atoms with van der Waals surface area (Å²) in [6.45, 7) is 0. The van der Waals surface area contributed by atoms with E-state index in [0.717, 1.165) is 40.7 Å². The summed E-state index contributed by atoms with van der Waals surface area (Å²) in [5, 5.41) is 5.23. The van der Waals surface area contributed by atoms with Crippen LogP contribution in [0.2, 0.25) is 0 Å². The summed E-state index contributed by atoms with van der Waals surface area (Å²) >= 11 is 0. The van der Waals surface area contributed by atoms with Gasteiger partial charge < -0.3 is 0 Å². The van der Waals surface area contributed by atoms with Crippen molar-refractivity contribution in [2.75, 3.05) is 0 Å². The number of fused-ring (bicyclic) bond motifs is 2. The van der Waals surface area contributed by atoms with Crippen LogP contribution in [0, 0.1) is 11.8 Å². The molecule has 1 amide bonds. The van der Waals surface area contributed by atoms with Crippen molar-refractivity contribution in [2.45, 2.75) is 12.8 Å². The van der Waals surface area contributed by atoms with Gasteiger partial charge in [-0.05, 0) is 43.0 Å². The summed E-state index contributed by atoms with van der Waals surface area (Å²) in [7, 11) is 0. The van der Waals surface area contributed by atoms with Crippen LogP contribution in [0.1, 0.15) is 23.2 Å². The van der Waals surface area contributed by atoms with Crippen molar-refractivity contribution in [3.05, 3.63) is 72.6 Å². The fourth-order valence-corrected chi connectivity index (χ4v) is 3.88. The molecule has 1 saturated carbocycles. The maximum atomic E-state index is 12.9. The van der Waals surface area contributed by atoms with Gasteiger partial charge in [0.25, 0.3) is 5.91 Å². The number of nitrogens with zero attached hydrogens (tertiary/aromatic N) is 3. The minimum atomic E-state index is -0.203. The smallest absolute Gasteiger partial charge is 0.267 e. The van der Waals surface area contributed by atoms with Crippen molar-refractivity contribution in [2.24, 2.45) is 16.9 Å². The molecule has 1 fully saturated rings. The molecular weight excluding hydrogens is 336 g/mol. The van der Waals surface area contributed by atoms with Gasteiger partial charge in [-0.1, -0.05) is 30.4 Å². The quantitative estimate of drug-likeness (QED) is 0.571. The highest BCUT2D eigenvalue weighted by molar-refractivity contribution is 6.07. The number of hydrogen-bond donors (Lipinski definition) is 1. The Morgan fingerprint density at radius 2 is 2.00 bits per heavy atom. The van der Waals surface area contributed by atoms with E-state index < -0.39 is 0 Å². The number of rotatable bonds is 3. The van der Waals surface area contributed by atoms with Crippen molar-refractivity contribution in [1.82, 2.24) is 15.4 Å². The molecule has 0 aliphatic heterocycles. The largest absolute Gasteiger partial charge is 0.272 e. The molecule has 0 radical (unpaired) electrons. The lowest BCUT2D eigenvalue weighted by Gasteiger charge is -2.31. The average Bonchev–Trinajstić information content (AvgIpc) is 3.08. The Bertz CT molecular complexity index is 1090. The molecule has 5 heteroatoms. The molecule has 0 bridgehead atoms. The average molecular weight is 354 g/mol. The van der Waals surface area contributed by atoms with Crippen LogP contribution in [-0.4, -0.2) is 21.6 Å². The molecule has 3 aromatic rings. The Kier molecular flexibility index (Phi) is 3.78. The second-order valence-corrected chi connectivity index (χ2v) is 6.99. The first-order valence-corrected chi connectivity index (χ1v) is 9.13. The molecule has 0 unspecified atom stereocenters. The van der Waals surface area contributed by atoms with Crippen LogP contribution in [0.25, 0.3) is 22.2 Å². The Balaban J connectivity index is 1.49. The Hall–Kier alpha value is -3.34. The van der Waals surface area contributed by atoms with Crippen LogP contribution in [0.15, 0.2) is 72.1 Å². The van der Waals surface area contributed by atoms with Crippen molar-refractivity contribution in [3.63, 3.8) is 0 Å². The van der Waals surface area contributed by atoms with Crippen molar-refractivity contribution < 1.29 is 4.79 Å². The molecule has 27 heavy (non-hydrogen) atoms. The number of allylic oxidation sites excluding steroid dienone is 2. The van der Waals surface area contributed by atoms with E-state index in [1.807, 2.05) is 42.5 Å². The van der Waals surface area contributed by atoms with Crippen molar-refractivity contribution in [1.29, 1.82) is 0 Å². The summed E-state index contributed by atoms with van der Waals surface area (Å²) in [4.78, 5) is 21.7. The van der Waals surface area contributed by atoms with E-state index in [0.29, 0.717) is 17.4 Å². The molecule has 0 saturated heterocycles. The van der Waals surface area contributed by atoms with Crippen LogP contribution in [0.4, 0.5) is 0 Å². The van der Waals surface area contributed by atoms with E-state index in [4.69, 9.17) is 4.98 Å². The molecule has 1 aromatic carbocycles. The molecule has 2 aliphatic carbocycles. The summed E-state index contributed by atoms with van der Waals surface area (Å²) in [6, 6.07) is 13.3. The molecule has 2 atom stereocenters. The number of para-hydroxylation sites is 1. The maximum absolute atomic E-state index is 12.9. The van der Waals surface area contributed by atoms with E-state index >= 15 is 0 Å². The lowest BCUT2D eigenvalue weighted by molar-refractivity contribution is 0.0955. The zero-order valence-corrected chi connectivity index (χ0v) is 14.7. The summed E-state index contributed by atoms with van der Waals surface area (Å²) in [5.41, 5.74) is 6.89. The van der Waals surface area contributed by atoms with Crippen LogP contribution in [-0.2, 0) is 0 Å². The Labute approximate surface area is 156 Å². The lowest BCUT2D eigenvalue weighted by atomic mass is 9.74. The molecule has 1 N–H and O–H groups in total. The number of benzene rings is 1. The first-order chi connectivity index (χ1) is 13.3. The summed E-state index contributed by atoms with van der Waals surface area (Å²) in [6.07, 6.45) is 9.88. The van der Waals surface area contributed by atoms with E-state index in [2.05, 4.69) is 27.7 Å². The maximum Gasteiger partial charge on any atom is 0.272 e. The predicted molar refractivity (Wildman–Crippen MR) is 105 cm³/mol. The van der Waals surface area contributed by atoms with Crippen LogP contribution < -0.4 is 5.43 Å². The number of hydrogen-bond acceptors (Lipinski definition) is 4. The number of amides is 1. The van der Waals surface area contributed by atoms with Gasteiger partial charge in [0.2, 0.25) is 0 Å². The van der Waals surface area contributed by atoms with Gasteiger partial charge >= 0.3 is 0 Å². The highest BCUT2D eigenvalue weighted by atomic mass is 16.2. The lowest BCUT2D eigenvalue weighted by Crippen LogP contribution is -2.35. The highest BCUT2D eigenvalue weighted by Crippen LogP contribution is 2.40. The molecule has 2 aromatic heterocycles. The molecular formula is C22H18N4O. The van der Waals surface area contributed by atoms with Gasteiger partial charge in [-0.15, -0.1) is 0 Å². The van der Waals surface area contributed by atoms with Gasteiger partial charge in [0, 0.05) is 35.0 Å². The third-order valence-corrected chi connectivity index (χ3v) is 5.40. The molecule has 2 aliphatic rings. The van der Waals surface area contributed by atoms with Gasteiger partial charge in [0.1, 0.15) is 0 Å². The van der Waals surface area contributed by atoms with Gasteiger partial charge in [-0.3, -0.25) is 9.78 Å². The number of hydrazone groups is 1. The van der Waals surface area contributed by atoms with Crippen molar-refractivity contribution in [3.8, 4) is 11.3 Å². The minimum Gasteiger partial charge on any atom is -0.267 e. The number of nitrogens with one attached hydrogen (secondary N) is 1. The second-order valence-electron chi connectivity index (χ2n) is 6.99. The SMILES string of the molecule is O=C(N/N=C1/C[C@@H]2C=CC[C@H]12)c1cc(-c2ccncc2)nc2ccccc12. The van der Waals surface area contributed by atoms with Crippen LogP contribution in [0.3, 0.4) is 0 Å². The normalized spacial score (nSPS) is 21.9. The standard InChI is InChI=1S/C22H18N4O/c27-22(26-25-21-12-15-4-3-6-16(15)21)18-13-20(14-8-10-23-11-9-14)24-19-7-2-1-5-17(18)19/h1-5,7-11,13,15-16H,6,12H2,(H,26,27)/b25-21-/t15-,16-/m0/s1. The number of aromatic nitrogens is 2. The summed E-state index contributed by atoms with van der Waals surface area (Å²) in [5.74, 6) is 0.887. The van der Waals surface area contributed by atoms with Gasteiger partial charge in [0.05, 0.1) is 16.8 Å². The monoisotopic (exact) mass is 354 g/mol. The van der Waals surface area contributed by atoms with Crippen molar-refractivity contribution >= 4 is 22.5 Å². The van der Waals surface area contributed by atoms with Crippen LogP contribution in [0.5, 0.6) is 0 Å². The predicted octanol–water partition coefficient (Wildman–Crippen LogP) is 3.98. The fourth-order valence-electron chi connectivity index (χ4n) is 3.88. The van der Waals surface area contributed by atoms with E-state index in [9.17, 15) is 4.79 Å². The van der Waals surface area contributed by atoms with Gasteiger partial charge in [-0.2, -0.15) is 5.10 Å². The molecule has 5 nitrogen and oxygen atoms in total. The van der Waals surface area contributed by atoms with Crippen LogP contribution >= 0.6 is 0 Å².